The lowest BCUT2D eigenvalue weighted by Gasteiger charge is -2.45. The average molecular weight is 580 g/mol. The van der Waals surface area contributed by atoms with E-state index in [0.29, 0.717) is 39.2 Å². The van der Waals surface area contributed by atoms with Gasteiger partial charge in [-0.05, 0) is 68.6 Å². The van der Waals surface area contributed by atoms with E-state index in [-0.39, 0.29) is 47.3 Å². The van der Waals surface area contributed by atoms with Crippen LogP contribution >= 0.6 is 23.4 Å². The van der Waals surface area contributed by atoms with E-state index >= 15 is 0 Å². The summed E-state index contributed by atoms with van der Waals surface area (Å²) in [5, 5.41) is 13.0. The summed E-state index contributed by atoms with van der Waals surface area (Å²) in [6, 6.07) is 14.3. The minimum absolute atomic E-state index is 0.0116. The molecule has 0 spiro atoms. The summed E-state index contributed by atoms with van der Waals surface area (Å²) in [6.07, 6.45) is 4.23. The number of ether oxygens (including phenoxy) is 1. The van der Waals surface area contributed by atoms with Crippen LogP contribution in [0.2, 0.25) is 5.02 Å². The molecule has 4 aliphatic rings. The predicted molar refractivity (Wildman–Crippen MR) is 155 cm³/mol. The van der Waals surface area contributed by atoms with E-state index in [1.807, 2.05) is 36.4 Å². The first-order chi connectivity index (χ1) is 19.4. The van der Waals surface area contributed by atoms with E-state index in [0.717, 1.165) is 25.8 Å². The van der Waals surface area contributed by atoms with Gasteiger partial charge >= 0.3 is 6.03 Å². The normalized spacial score (nSPS) is 27.1. The Morgan fingerprint density at radius 1 is 1.10 bits per heavy atom. The molecule has 4 amide bonds. The van der Waals surface area contributed by atoms with Gasteiger partial charge in [-0.1, -0.05) is 48.1 Å². The topological polar surface area (TPSA) is 112 Å². The van der Waals surface area contributed by atoms with Crippen LogP contribution in [0.4, 0.5) is 10.5 Å². The summed E-state index contributed by atoms with van der Waals surface area (Å²) in [5.41, 5.74) is 1.35. The number of hydrogen-bond donors (Lipinski definition) is 4. The molecule has 2 aromatic carbocycles. The smallest absolute Gasteiger partial charge is 0.326 e. The summed E-state index contributed by atoms with van der Waals surface area (Å²) >= 11 is 8.06. The summed E-state index contributed by atoms with van der Waals surface area (Å²) in [6.45, 7) is 4.22. The van der Waals surface area contributed by atoms with Crippen LogP contribution in [-0.4, -0.2) is 47.9 Å². The zero-order valence-electron chi connectivity index (χ0n) is 21.7. The number of amides is 4. The standard InChI is InChI=1S/C29H30ClN5O4S/c1-2-23(36)32-16-8-9-17(14-16)33-27(37)26-25-24-21(12-13-31-28(24)40-26)35(29(38)34-25)18-10-11-22(20(30)15-18)39-19-6-4-3-5-7-19/h2-7,10-11,15-17,21,24,28,31H,1,8-9,12-14H2,(H,32,36)(H,33,37)(H,34,38)/t16-,17+,21?,24?,28?/m1/s1. The summed E-state index contributed by atoms with van der Waals surface area (Å²) < 4.78 is 5.91. The number of benzene rings is 2. The number of carbonyl (C=O) groups is 3. The molecule has 6 rings (SSSR count). The van der Waals surface area contributed by atoms with Gasteiger partial charge in [0.15, 0.2) is 0 Å². The van der Waals surface area contributed by atoms with Gasteiger partial charge in [-0.2, -0.15) is 0 Å². The largest absolute Gasteiger partial charge is 0.456 e. The van der Waals surface area contributed by atoms with Gasteiger partial charge in [0, 0.05) is 29.4 Å². The summed E-state index contributed by atoms with van der Waals surface area (Å²) in [5.74, 6) is 0.719. The fourth-order valence-corrected chi connectivity index (χ4v) is 7.63. The van der Waals surface area contributed by atoms with E-state index in [9.17, 15) is 14.4 Å². The number of carbonyl (C=O) groups excluding carboxylic acids is 3. The van der Waals surface area contributed by atoms with Gasteiger partial charge in [-0.25, -0.2) is 4.79 Å². The van der Waals surface area contributed by atoms with Crippen LogP contribution < -0.4 is 30.9 Å². The number of halogens is 1. The van der Waals surface area contributed by atoms with Crippen molar-refractivity contribution in [2.45, 2.75) is 49.2 Å². The van der Waals surface area contributed by atoms with Crippen LogP contribution in [0.1, 0.15) is 25.7 Å². The Kier molecular flexibility index (Phi) is 7.48. The van der Waals surface area contributed by atoms with Crippen molar-refractivity contribution >= 4 is 46.9 Å². The van der Waals surface area contributed by atoms with Gasteiger partial charge < -0.3 is 26.0 Å². The number of nitrogens with zero attached hydrogens (tertiary/aromatic N) is 1. The highest BCUT2D eigenvalue weighted by atomic mass is 35.5. The number of thioether (sulfide) groups is 1. The number of anilines is 1. The second-order valence-electron chi connectivity index (χ2n) is 10.3. The Balaban J connectivity index is 1.19. The number of hydrogen-bond acceptors (Lipinski definition) is 6. The minimum Gasteiger partial charge on any atom is -0.456 e. The highest BCUT2D eigenvalue weighted by Crippen LogP contribution is 2.48. The van der Waals surface area contributed by atoms with Crippen molar-refractivity contribution in [3.8, 4) is 11.5 Å². The van der Waals surface area contributed by atoms with Gasteiger partial charge in [0.1, 0.15) is 11.5 Å². The number of rotatable bonds is 7. The Bertz CT molecular complexity index is 1390. The third kappa shape index (κ3) is 5.18. The van der Waals surface area contributed by atoms with Crippen LogP contribution in [-0.2, 0) is 9.59 Å². The van der Waals surface area contributed by atoms with Gasteiger partial charge in [0.05, 0.1) is 21.3 Å². The zero-order chi connectivity index (χ0) is 27.8. The quantitative estimate of drug-likeness (QED) is 0.365. The van der Waals surface area contributed by atoms with Crippen LogP contribution in [0, 0.1) is 5.92 Å². The van der Waals surface area contributed by atoms with Crippen LogP contribution in [0.5, 0.6) is 11.5 Å². The maximum Gasteiger partial charge on any atom is 0.326 e. The second kappa shape index (κ2) is 11.2. The van der Waals surface area contributed by atoms with E-state index in [4.69, 9.17) is 16.3 Å². The van der Waals surface area contributed by atoms with Crippen molar-refractivity contribution in [1.82, 2.24) is 21.3 Å². The molecule has 2 saturated heterocycles. The Labute approximate surface area is 241 Å². The Morgan fingerprint density at radius 3 is 2.62 bits per heavy atom. The molecule has 0 radical (unpaired) electrons. The first-order valence-electron chi connectivity index (χ1n) is 13.4. The van der Waals surface area contributed by atoms with E-state index in [2.05, 4.69) is 27.8 Å². The number of piperidine rings is 1. The van der Waals surface area contributed by atoms with E-state index in [1.54, 1.807) is 17.0 Å². The number of para-hydroxylation sites is 1. The van der Waals surface area contributed by atoms with Gasteiger partial charge in [-0.3, -0.25) is 14.5 Å². The van der Waals surface area contributed by atoms with Crippen molar-refractivity contribution < 1.29 is 19.1 Å². The molecule has 3 aliphatic heterocycles. The molecular formula is C29H30ClN5O4S. The number of nitrogens with one attached hydrogen (secondary N) is 4. The molecule has 9 nitrogen and oxygen atoms in total. The molecule has 1 aliphatic carbocycles. The second-order valence-corrected chi connectivity index (χ2v) is 11.9. The predicted octanol–water partition coefficient (Wildman–Crippen LogP) is 4.26. The summed E-state index contributed by atoms with van der Waals surface area (Å²) in [7, 11) is 0. The lowest BCUT2D eigenvalue weighted by atomic mass is 9.86. The molecule has 0 bridgehead atoms. The first-order valence-corrected chi connectivity index (χ1v) is 14.7. The third-order valence-electron chi connectivity index (χ3n) is 7.81. The van der Waals surface area contributed by atoms with Crippen LogP contribution in [0.3, 0.4) is 0 Å². The molecule has 3 unspecified atom stereocenters. The third-order valence-corrected chi connectivity index (χ3v) is 9.46. The van der Waals surface area contributed by atoms with E-state index in [1.165, 1.54) is 17.8 Å². The molecule has 1 saturated carbocycles. The first kappa shape index (κ1) is 26.7. The highest BCUT2D eigenvalue weighted by molar-refractivity contribution is 8.04. The van der Waals surface area contributed by atoms with Crippen molar-refractivity contribution in [1.29, 1.82) is 0 Å². The average Bonchev–Trinajstić information content (AvgIpc) is 3.55. The molecule has 11 heteroatoms. The number of urea groups is 1. The van der Waals surface area contributed by atoms with Crippen molar-refractivity contribution in [3.63, 3.8) is 0 Å². The van der Waals surface area contributed by atoms with Gasteiger partial charge in [0.25, 0.3) is 5.91 Å². The lowest BCUT2D eigenvalue weighted by molar-refractivity contribution is -0.117. The van der Waals surface area contributed by atoms with Gasteiger partial charge in [0.2, 0.25) is 5.91 Å². The minimum atomic E-state index is -0.287. The maximum atomic E-state index is 13.5. The molecule has 5 atom stereocenters. The van der Waals surface area contributed by atoms with Crippen molar-refractivity contribution in [2.75, 3.05) is 11.4 Å². The van der Waals surface area contributed by atoms with Crippen LogP contribution in [0.15, 0.2) is 71.8 Å². The van der Waals surface area contributed by atoms with Crippen molar-refractivity contribution in [3.05, 3.63) is 76.8 Å². The van der Waals surface area contributed by atoms with Gasteiger partial charge in [-0.15, -0.1) is 0 Å². The Hall–Kier alpha value is -3.47. The van der Waals surface area contributed by atoms with Crippen LogP contribution in [0.25, 0.3) is 0 Å². The summed E-state index contributed by atoms with van der Waals surface area (Å²) in [4.78, 5) is 40.9. The fraction of sp³-hybridized carbons (Fsp3) is 0.345. The van der Waals surface area contributed by atoms with E-state index < -0.39 is 0 Å². The Morgan fingerprint density at radius 2 is 1.88 bits per heavy atom. The molecule has 3 heterocycles. The highest BCUT2D eigenvalue weighted by Gasteiger charge is 2.52. The molecular weight excluding hydrogens is 550 g/mol. The SMILES string of the molecule is C=CC(=O)N[C@@H]1CC[C@H](NC(=O)C2=C3NC(=O)N(c4ccc(Oc5ccccc5)c(Cl)c4)C4CCNC(S2)C34)C1. The monoisotopic (exact) mass is 579 g/mol. The molecule has 0 aromatic heterocycles. The molecule has 2 aromatic rings. The fourth-order valence-electron chi connectivity index (χ4n) is 6.02. The molecule has 208 valence electrons. The molecule has 40 heavy (non-hydrogen) atoms. The van der Waals surface area contributed by atoms with Crippen molar-refractivity contribution in [2.24, 2.45) is 5.92 Å². The zero-order valence-corrected chi connectivity index (χ0v) is 23.3. The molecule has 3 fully saturated rings. The molecule has 4 N–H and O–H groups in total. The lowest BCUT2D eigenvalue weighted by Crippen LogP contribution is -2.62. The maximum absolute atomic E-state index is 13.5.